The number of benzene rings is 1. The number of nitrogens with two attached hydrogens (primary N) is 1. The second-order valence-electron chi connectivity index (χ2n) is 4.62. The van der Waals surface area contributed by atoms with Gasteiger partial charge in [0, 0.05) is 11.1 Å². The van der Waals surface area contributed by atoms with Crippen LogP contribution >= 0.6 is 0 Å². The fourth-order valence-corrected chi connectivity index (χ4v) is 2.50. The van der Waals surface area contributed by atoms with Gasteiger partial charge in [-0.3, -0.25) is 4.79 Å². The van der Waals surface area contributed by atoms with Crippen LogP contribution < -0.4 is 15.2 Å². The Balaban J connectivity index is 2.54. The minimum Gasteiger partial charge on any atom is -0.493 e. The molecule has 1 unspecified atom stereocenters. The van der Waals surface area contributed by atoms with Crippen molar-refractivity contribution in [3.63, 3.8) is 0 Å². The number of carbonyl (C=O) groups excluding carboxylic acids is 2. The van der Waals surface area contributed by atoms with E-state index < -0.39 is 17.3 Å². The molecule has 108 valence electrons. The van der Waals surface area contributed by atoms with Gasteiger partial charge in [0.2, 0.25) is 0 Å². The second kappa shape index (κ2) is 5.13. The SMILES string of the molecule is COC(=O)C1(N)CCc2c(ccc(OC)c2OC)C1=O. The van der Waals surface area contributed by atoms with Gasteiger partial charge in [-0.2, -0.15) is 0 Å². The van der Waals surface area contributed by atoms with Crippen molar-refractivity contribution in [2.45, 2.75) is 18.4 Å². The van der Waals surface area contributed by atoms with Gasteiger partial charge in [-0.1, -0.05) is 0 Å². The lowest BCUT2D eigenvalue weighted by Gasteiger charge is -2.31. The lowest BCUT2D eigenvalue weighted by atomic mass is 9.77. The fourth-order valence-electron chi connectivity index (χ4n) is 2.50. The molecule has 6 nitrogen and oxygen atoms in total. The fraction of sp³-hybridized carbons (Fsp3) is 0.429. The molecule has 1 aromatic carbocycles. The topological polar surface area (TPSA) is 87.8 Å². The van der Waals surface area contributed by atoms with E-state index >= 15 is 0 Å². The third-order valence-electron chi connectivity index (χ3n) is 3.62. The zero-order valence-corrected chi connectivity index (χ0v) is 11.7. The van der Waals surface area contributed by atoms with Gasteiger partial charge >= 0.3 is 5.97 Å². The van der Waals surface area contributed by atoms with Crippen molar-refractivity contribution < 1.29 is 23.8 Å². The molecular weight excluding hydrogens is 262 g/mol. The number of Topliss-reactive ketones (excluding diaryl/α,β-unsaturated/α-hetero) is 1. The molecule has 0 heterocycles. The van der Waals surface area contributed by atoms with E-state index in [-0.39, 0.29) is 6.42 Å². The first-order chi connectivity index (χ1) is 9.49. The van der Waals surface area contributed by atoms with Gasteiger partial charge < -0.3 is 19.9 Å². The van der Waals surface area contributed by atoms with Gasteiger partial charge in [-0.25, -0.2) is 4.79 Å². The van der Waals surface area contributed by atoms with E-state index in [1.807, 2.05) is 0 Å². The molecular formula is C14H17NO5. The summed E-state index contributed by atoms with van der Waals surface area (Å²) in [7, 11) is 4.25. The normalized spacial score (nSPS) is 21.1. The van der Waals surface area contributed by atoms with E-state index in [4.69, 9.17) is 15.2 Å². The smallest absolute Gasteiger partial charge is 0.334 e. The van der Waals surface area contributed by atoms with Crippen LogP contribution in [-0.4, -0.2) is 38.6 Å². The first-order valence-electron chi connectivity index (χ1n) is 6.15. The zero-order valence-electron chi connectivity index (χ0n) is 11.7. The maximum atomic E-state index is 12.5. The maximum Gasteiger partial charge on any atom is 0.334 e. The summed E-state index contributed by atoms with van der Waals surface area (Å²) in [5.41, 5.74) is 5.40. The van der Waals surface area contributed by atoms with E-state index in [1.54, 1.807) is 12.1 Å². The average molecular weight is 279 g/mol. The molecule has 1 atom stereocenters. The minimum atomic E-state index is -1.62. The molecule has 1 aromatic rings. The highest BCUT2D eigenvalue weighted by molar-refractivity contribution is 6.18. The summed E-state index contributed by atoms with van der Waals surface area (Å²) < 4.78 is 15.1. The first-order valence-corrected chi connectivity index (χ1v) is 6.15. The lowest BCUT2D eigenvalue weighted by molar-refractivity contribution is -0.145. The molecule has 0 saturated heterocycles. The van der Waals surface area contributed by atoms with Crippen molar-refractivity contribution in [2.75, 3.05) is 21.3 Å². The molecule has 1 aliphatic rings. The van der Waals surface area contributed by atoms with E-state index in [0.717, 1.165) is 0 Å². The van der Waals surface area contributed by atoms with Crippen LogP contribution in [-0.2, 0) is 16.0 Å². The lowest BCUT2D eigenvalue weighted by Crippen LogP contribution is -2.57. The van der Waals surface area contributed by atoms with Crippen LogP contribution in [0.15, 0.2) is 12.1 Å². The summed E-state index contributed by atoms with van der Waals surface area (Å²) in [5.74, 6) is -0.124. The van der Waals surface area contributed by atoms with Crippen LogP contribution in [0.25, 0.3) is 0 Å². The summed E-state index contributed by atoms with van der Waals surface area (Å²) in [6.07, 6.45) is 0.613. The Labute approximate surface area is 116 Å². The van der Waals surface area contributed by atoms with Crippen LogP contribution in [0.1, 0.15) is 22.3 Å². The van der Waals surface area contributed by atoms with E-state index in [1.165, 1.54) is 21.3 Å². The Bertz CT molecular complexity index is 569. The number of esters is 1. The number of methoxy groups -OCH3 is 3. The van der Waals surface area contributed by atoms with Crippen LogP contribution in [0.4, 0.5) is 0 Å². The summed E-state index contributed by atoms with van der Waals surface area (Å²) in [4.78, 5) is 24.2. The van der Waals surface area contributed by atoms with Crippen molar-refractivity contribution in [1.29, 1.82) is 0 Å². The Morgan fingerprint density at radius 2 is 1.95 bits per heavy atom. The van der Waals surface area contributed by atoms with Crippen LogP contribution in [0.3, 0.4) is 0 Å². The molecule has 0 bridgehead atoms. The van der Waals surface area contributed by atoms with Crippen LogP contribution in [0.2, 0.25) is 0 Å². The Hall–Kier alpha value is -2.08. The molecule has 0 spiro atoms. The van der Waals surface area contributed by atoms with E-state index in [0.29, 0.717) is 29.0 Å². The third kappa shape index (κ3) is 1.92. The van der Waals surface area contributed by atoms with Gasteiger partial charge in [0.25, 0.3) is 0 Å². The summed E-state index contributed by atoms with van der Waals surface area (Å²) in [6, 6.07) is 3.22. The minimum absolute atomic E-state index is 0.176. The number of hydrogen-bond acceptors (Lipinski definition) is 6. The third-order valence-corrected chi connectivity index (χ3v) is 3.62. The number of ketones is 1. The number of carbonyl (C=O) groups is 2. The largest absolute Gasteiger partial charge is 0.493 e. The quantitative estimate of drug-likeness (QED) is 0.647. The Morgan fingerprint density at radius 1 is 1.25 bits per heavy atom. The average Bonchev–Trinajstić information content (AvgIpc) is 2.48. The zero-order chi connectivity index (χ0) is 14.9. The number of hydrogen-bond donors (Lipinski definition) is 1. The van der Waals surface area contributed by atoms with Gasteiger partial charge in [0.05, 0.1) is 21.3 Å². The van der Waals surface area contributed by atoms with Crippen molar-refractivity contribution in [3.05, 3.63) is 23.3 Å². The van der Waals surface area contributed by atoms with Crippen molar-refractivity contribution >= 4 is 11.8 Å². The second-order valence-corrected chi connectivity index (χ2v) is 4.62. The molecule has 2 rings (SSSR count). The molecule has 0 aromatic heterocycles. The van der Waals surface area contributed by atoms with Gasteiger partial charge in [0.15, 0.2) is 22.8 Å². The Kier molecular flexibility index (Phi) is 3.67. The molecule has 0 saturated carbocycles. The number of ether oxygens (including phenoxy) is 3. The highest BCUT2D eigenvalue weighted by Gasteiger charge is 2.47. The van der Waals surface area contributed by atoms with Crippen LogP contribution in [0, 0.1) is 0 Å². The molecule has 20 heavy (non-hydrogen) atoms. The molecule has 0 amide bonds. The Morgan fingerprint density at radius 3 is 2.50 bits per heavy atom. The van der Waals surface area contributed by atoms with Crippen molar-refractivity contribution in [1.82, 2.24) is 0 Å². The maximum absolute atomic E-state index is 12.5. The van der Waals surface area contributed by atoms with Gasteiger partial charge in [-0.05, 0) is 25.0 Å². The van der Waals surface area contributed by atoms with Crippen LogP contribution in [0.5, 0.6) is 11.5 Å². The predicted octanol–water partition coefficient (Wildman–Crippen LogP) is 0.703. The summed E-state index contributed by atoms with van der Waals surface area (Å²) in [5, 5.41) is 0. The molecule has 1 aliphatic carbocycles. The monoisotopic (exact) mass is 279 g/mol. The molecule has 6 heteroatoms. The summed E-state index contributed by atoms with van der Waals surface area (Å²) in [6.45, 7) is 0. The van der Waals surface area contributed by atoms with Crippen molar-refractivity contribution in [2.24, 2.45) is 5.73 Å². The van der Waals surface area contributed by atoms with E-state index in [9.17, 15) is 9.59 Å². The molecule has 0 aliphatic heterocycles. The highest BCUT2D eigenvalue weighted by Crippen LogP contribution is 2.39. The summed E-state index contributed by atoms with van der Waals surface area (Å²) >= 11 is 0. The molecule has 2 N–H and O–H groups in total. The van der Waals surface area contributed by atoms with Gasteiger partial charge in [-0.15, -0.1) is 0 Å². The standard InChI is InChI=1S/C14H17NO5/c1-18-10-5-4-9-8(11(10)19-2)6-7-14(15,12(9)16)13(17)20-3/h4-5H,6-7,15H2,1-3H3. The molecule has 0 radical (unpaired) electrons. The highest BCUT2D eigenvalue weighted by atomic mass is 16.5. The number of fused-ring (bicyclic) bond motifs is 1. The van der Waals surface area contributed by atoms with Crippen molar-refractivity contribution in [3.8, 4) is 11.5 Å². The number of rotatable bonds is 3. The first kappa shape index (κ1) is 14.3. The van der Waals surface area contributed by atoms with E-state index in [2.05, 4.69) is 4.74 Å². The predicted molar refractivity (Wildman–Crippen MR) is 71.1 cm³/mol. The van der Waals surface area contributed by atoms with Gasteiger partial charge in [0.1, 0.15) is 0 Å². The molecule has 0 fully saturated rings.